The zero-order valence-corrected chi connectivity index (χ0v) is 12.3. The van der Waals surface area contributed by atoms with Gasteiger partial charge >= 0.3 is 0 Å². The van der Waals surface area contributed by atoms with Gasteiger partial charge in [-0.25, -0.2) is 4.98 Å². The van der Waals surface area contributed by atoms with Crippen LogP contribution in [0.2, 0.25) is 0 Å². The zero-order chi connectivity index (χ0) is 13.6. The predicted molar refractivity (Wildman–Crippen MR) is 80.8 cm³/mol. The minimum atomic E-state index is 0.972. The van der Waals surface area contributed by atoms with Crippen molar-refractivity contribution < 1.29 is 0 Å². The fraction of sp³-hybridized carbons (Fsp3) is 0.286. The Morgan fingerprint density at radius 2 is 2.05 bits per heavy atom. The Hall–Kier alpha value is -1.88. The highest BCUT2D eigenvalue weighted by Crippen LogP contribution is 2.35. The van der Waals surface area contributed by atoms with Crippen LogP contribution in [0.3, 0.4) is 0 Å². The van der Waals surface area contributed by atoms with E-state index in [0.717, 1.165) is 27.6 Å². The van der Waals surface area contributed by atoms with Crippen LogP contribution < -0.4 is 5.32 Å². The molecule has 0 aliphatic heterocycles. The number of fused-ring (bicyclic) bond motifs is 1. The first kappa shape index (κ1) is 12.2. The molecule has 0 atom stereocenters. The van der Waals surface area contributed by atoms with Gasteiger partial charge in [0.05, 0.1) is 22.3 Å². The molecule has 0 spiro atoms. The molecule has 5 heteroatoms. The number of nitrogens with zero attached hydrogens (tertiary/aromatic N) is 3. The van der Waals surface area contributed by atoms with Crippen molar-refractivity contribution in [3.8, 4) is 11.4 Å². The predicted octanol–water partition coefficient (Wildman–Crippen LogP) is 3.36. The van der Waals surface area contributed by atoms with Crippen molar-refractivity contribution in [3.05, 3.63) is 29.5 Å². The van der Waals surface area contributed by atoms with Crippen LogP contribution in [0.25, 0.3) is 22.4 Å². The van der Waals surface area contributed by atoms with Gasteiger partial charge in [-0.15, -0.1) is 0 Å². The van der Waals surface area contributed by atoms with E-state index < -0.39 is 0 Å². The fourth-order valence-electron chi connectivity index (χ4n) is 2.49. The van der Waals surface area contributed by atoms with Gasteiger partial charge in [0.2, 0.25) is 0 Å². The molecule has 4 nitrogen and oxygen atoms in total. The smallest absolute Gasteiger partial charge is 0.145 e. The molecule has 3 rings (SSSR count). The van der Waals surface area contributed by atoms with Gasteiger partial charge in [-0.3, -0.25) is 0 Å². The molecule has 1 aromatic carbocycles. The standard InChI is InChI=1S/C14H16N4S/c1-8-6-5-7-10-12(8)18(4)13(16-10)11-9(2)17-19-14(11)15-3/h5-7,15H,1-4H3. The summed E-state index contributed by atoms with van der Waals surface area (Å²) < 4.78 is 6.58. The lowest BCUT2D eigenvalue weighted by atomic mass is 10.2. The molecule has 0 aliphatic carbocycles. The molecule has 0 aliphatic rings. The van der Waals surface area contributed by atoms with E-state index in [1.54, 1.807) is 0 Å². The number of imidazole rings is 1. The van der Waals surface area contributed by atoms with Crippen LogP contribution in [0, 0.1) is 13.8 Å². The molecular formula is C14H16N4S. The Bertz CT molecular complexity index is 754. The average Bonchev–Trinajstić information content (AvgIpc) is 2.91. The molecule has 1 N–H and O–H groups in total. The molecule has 0 radical (unpaired) electrons. The molecule has 19 heavy (non-hydrogen) atoms. The van der Waals surface area contributed by atoms with Gasteiger partial charge in [0.1, 0.15) is 10.8 Å². The van der Waals surface area contributed by atoms with Gasteiger partial charge in [-0.2, -0.15) is 4.37 Å². The molecule has 2 heterocycles. The summed E-state index contributed by atoms with van der Waals surface area (Å²) in [5.41, 5.74) is 5.58. The topological polar surface area (TPSA) is 42.7 Å². The normalized spacial score (nSPS) is 11.2. The Morgan fingerprint density at radius 1 is 1.26 bits per heavy atom. The first-order valence-electron chi connectivity index (χ1n) is 6.20. The average molecular weight is 272 g/mol. The van der Waals surface area contributed by atoms with E-state index in [-0.39, 0.29) is 0 Å². The number of hydrogen-bond donors (Lipinski definition) is 1. The summed E-state index contributed by atoms with van der Waals surface area (Å²) in [5, 5.41) is 4.27. The second-order valence-electron chi connectivity index (χ2n) is 4.66. The van der Waals surface area contributed by atoms with E-state index in [0.29, 0.717) is 0 Å². The first-order valence-corrected chi connectivity index (χ1v) is 6.97. The summed E-state index contributed by atoms with van der Waals surface area (Å²) in [6.45, 7) is 4.14. The largest absolute Gasteiger partial charge is 0.378 e. The minimum Gasteiger partial charge on any atom is -0.378 e. The maximum absolute atomic E-state index is 4.77. The Balaban J connectivity index is 2.34. The number of aryl methyl sites for hydroxylation is 3. The molecule has 3 aromatic rings. The molecule has 0 saturated heterocycles. The van der Waals surface area contributed by atoms with E-state index >= 15 is 0 Å². The third kappa shape index (κ3) is 1.73. The number of anilines is 1. The molecule has 0 unspecified atom stereocenters. The Morgan fingerprint density at radius 3 is 2.74 bits per heavy atom. The summed E-state index contributed by atoms with van der Waals surface area (Å²) in [6.07, 6.45) is 0. The summed E-state index contributed by atoms with van der Waals surface area (Å²) in [6, 6.07) is 6.22. The van der Waals surface area contributed by atoms with Crippen LogP contribution in [-0.2, 0) is 7.05 Å². The zero-order valence-electron chi connectivity index (χ0n) is 11.5. The number of aromatic nitrogens is 3. The molecule has 0 fully saturated rings. The van der Waals surface area contributed by atoms with Crippen molar-refractivity contribution in [2.75, 3.05) is 12.4 Å². The van der Waals surface area contributed by atoms with E-state index in [2.05, 4.69) is 40.4 Å². The number of hydrogen-bond acceptors (Lipinski definition) is 4. The van der Waals surface area contributed by atoms with E-state index in [1.165, 1.54) is 22.6 Å². The van der Waals surface area contributed by atoms with Gasteiger partial charge in [-0.1, -0.05) is 12.1 Å². The van der Waals surface area contributed by atoms with E-state index in [4.69, 9.17) is 4.98 Å². The summed E-state index contributed by atoms with van der Waals surface area (Å²) in [4.78, 5) is 4.77. The SMILES string of the molecule is CNc1snc(C)c1-c1nc2cccc(C)c2n1C. The Labute approximate surface area is 116 Å². The van der Waals surface area contributed by atoms with Crippen molar-refractivity contribution in [2.45, 2.75) is 13.8 Å². The fourth-order valence-corrected chi connectivity index (χ4v) is 3.23. The van der Waals surface area contributed by atoms with Crippen molar-refractivity contribution in [2.24, 2.45) is 7.05 Å². The third-order valence-electron chi connectivity index (χ3n) is 3.41. The summed E-state index contributed by atoms with van der Waals surface area (Å²) >= 11 is 1.48. The van der Waals surface area contributed by atoms with Crippen LogP contribution >= 0.6 is 11.5 Å². The van der Waals surface area contributed by atoms with Crippen LogP contribution in [0.15, 0.2) is 18.2 Å². The molecule has 0 saturated carbocycles. The third-order valence-corrected chi connectivity index (χ3v) is 4.37. The minimum absolute atomic E-state index is 0.972. The van der Waals surface area contributed by atoms with Crippen LogP contribution in [0.5, 0.6) is 0 Å². The number of benzene rings is 1. The highest BCUT2D eigenvalue weighted by Gasteiger charge is 2.18. The summed E-state index contributed by atoms with van der Waals surface area (Å²) in [5.74, 6) is 0.972. The second kappa shape index (κ2) is 4.35. The maximum Gasteiger partial charge on any atom is 0.145 e. The number of para-hydroxylation sites is 1. The summed E-state index contributed by atoms with van der Waals surface area (Å²) in [7, 11) is 3.98. The van der Waals surface area contributed by atoms with Crippen molar-refractivity contribution in [1.82, 2.24) is 13.9 Å². The van der Waals surface area contributed by atoms with E-state index in [9.17, 15) is 0 Å². The second-order valence-corrected chi connectivity index (χ2v) is 5.43. The first-order chi connectivity index (χ1) is 9.13. The van der Waals surface area contributed by atoms with Gasteiger partial charge in [0.25, 0.3) is 0 Å². The van der Waals surface area contributed by atoms with Gasteiger partial charge in [-0.05, 0) is 37.0 Å². The lowest BCUT2D eigenvalue weighted by Gasteiger charge is -2.05. The highest BCUT2D eigenvalue weighted by molar-refractivity contribution is 7.10. The molecule has 98 valence electrons. The van der Waals surface area contributed by atoms with Gasteiger partial charge in [0.15, 0.2) is 0 Å². The van der Waals surface area contributed by atoms with E-state index in [1.807, 2.05) is 20.0 Å². The van der Waals surface area contributed by atoms with Crippen molar-refractivity contribution in [1.29, 1.82) is 0 Å². The van der Waals surface area contributed by atoms with Crippen LogP contribution in [0.4, 0.5) is 5.00 Å². The van der Waals surface area contributed by atoms with Gasteiger partial charge < -0.3 is 9.88 Å². The molecule has 0 amide bonds. The van der Waals surface area contributed by atoms with Gasteiger partial charge in [0, 0.05) is 14.1 Å². The molecule has 0 bridgehead atoms. The van der Waals surface area contributed by atoms with Crippen LogP contribution in [0.1, 0.15) is 11.3 Å². The molecule has 2 aromatic heterocycles. The maximum atomic E-state index is 4.77. The molecular weight excluding hydrogens is 256 g/mol. The lowest BCUT2D eigenvalue weighted by Crippen LogP contribution is -1.97. The lowest BCUT2D eigenvalue weighted by molar-refractivity contribution is 0.953. The number of nitrogens with one attached hydrogen (secondary N) is 1. The monoisotopic (exact) mass is 272 g/mol. The number of rotatable bonds is 2. The van der Waals surface area contributed by atoms with Crippen molar-refractivity contribution >= 4 is 27.6 Å². The Kier molecular flexibility index (Phi) is 2.78. The van der Waals surface area contributed by atoms with Crippen molar-refractivity contribution in [3.63, 3.8) is 0 Å². The van der Waals surface area contributed by atoms with Crippen LogP contribution in [-0.4, -0.2) is 21.0 Å². The highest BCUT2D eigenvalue weighted by atomic mass is 32.1. The quantitative estimate of drug-likeness (QED) is 0.778.